The number of carbonyl (C=O) groups excluding carboxylic acids is 1. The third-order valence-corrected chi connectivity index (χ3v) is 2.04. The third kappa shape index (κ3) is 2.32. The Balaban J connectivity index is 2.58. The number of hydrogen-bond donors (Lipinski definition) is 0. The first-order valence-corrected chi connectivity index (χ1v) is 4.45. The van der Waals surface area contributed by atoms with Crippen LogP contribution in [-0.2, 0) is 6.18 Å². The van der Waals surface area contributed by atoms with Gasteiger partial charge in [-0.15, -0.1) is 0 Å². The number of aromatic nitrogens is 2. The smallest absolute Gasteiger partial charge is 0.342 e. The van der Waals surface area contributed by atoms with Gasteiger partial charge in [-0.05, 0) is 18.2 Å². The standard InChI is InChI=1S/C10H5F3N2O2/c11-10(12,13)8-2-6(4-16)1-7(3-8)9-14-5-17-15-9/h1-5H. The largest absolute Gasteiger partial charge is 0.416 e. The summed E-state index contributed by atoms with van der Waals surface area (Å²) >= 11 is 0. The summed E-state index contributed by atoms with van der Waals surface area (Å²) in [5.41, 5.74) is -0.947. The minimum absolute atomic E-state index is 0.000741. The lowest BCUT2D eigenvalue weighted by atomic mass is 10.1. The van der Waals surface area contributed by atoms with Crippen LogP contribution in [0, 0.1) is 0 Å². The van der Waals surface area contributed by atoms with Crippen LogP contribution < -0.4 is 0 Å². The van der Waals surface area contributed by atoms with Gasteiger partial charge in [0.15, 0.2) is 0 Å². The van der Waals surface area contributed by atoms with Crippen molar-refractivity contribution in [2.45, 2.75) is 6.18 Å². The summed E-state index contributed by atoms with van der Waals surface area (Å²) in [6.45, 7) is 0. The third-order valence-electron chi connectivity index (χ3n) is 2.04. The second-order valence-corrected chi connectivity index (χ2v) is 3.21. The molecule has 0 saturated carbocycles. The molecule has 0 radical (unpaired) electrons. The number of aldehydes is 1. The molecule has 7 heteroatoms. The van der Waals surface area contributed by atoms with E-state index in [4.69, 9.17) is 0 Å². The maximum absolute atomic E-state index is 12.5. The summed E-state index contributed by atoms with van der Waals surface area (Å²) in [5, 5.41) is 3.42. The van der Waals surface area contributed by atoms with E-state index in [1.807, 2.05) is 0 Å². The number of rotatable bonds is 2. The summed E-state index contributed by atoms with van der Waals surface area (Å²) < 4.78 is 42.1. The molecule has 88 valence electrons. The van der Waals surface area contributed by atoms with Crippen LogP contribution in [-0.4, -0.2) is 16.4 Å². The molecular weight excluding hydrogens is 237 g/mol. The lowest BCUT2D eigenvalue weighted by Gasteiger charge is -2.08. The zero-order valence-electron chi connectivity index (χ0n) is 8.23. The average Bonchev–Trinajstić information content (AvgIpc) is 2.80. The van der Waals surface area contributed by atoms with E-state index in [1.165, 1.54) is 6.07 Å². The molecule has 1 aromatic carbocycles. The Morgan fingerprint density at radius 2 is 2.00 bits per heavy atom. The van der Waals surface area contributed by atoms with Crippen molar-refractivity contribution in [1.29, 1.82) is 0 Å². The number of hydrogen-bond acceptors (Lipinski definition) is 4. The van der Waals surface area contributed by atoms with E-state index in [0.29, 0.717) is 6.29 Å². The second kappa shape index (κ2) is 4.00. The van der Waals surface area contributed by atoms with Gasteiger partial charge in [0.2, 0.25) is 12.2 Å². The van der Waals surface area contributed by atoms with Crippen molar-refractivity contribution < 1.29 is 22.5 Å². The summed E-state index contributed by atoms with van der Waals surface area (Å²) in [4.78, 5) is 14.2. The van der Waals surface area contributed by atoms with E-state index in [1.54, 1.807) is 0 Å². The minimum atomic E-state index is -4.53. The summed E-state index contributed by atoms with van der Waals surface area (Å²) in [7, 11) is 0. The van der Waals surface area contributed by atoms with Crippen LogP contribution >= 0.6 is 0 Å². The molecule has 0 aliphatic rings. The lowest BCUT2D eigenvalue weighted by Crippen LogP contribution is -2.06. The van der Waals surface area contributed by atoms with Gasteiger partial charge in [-0.2, -0.15) is 18.2 Å². The molecule has 0 N–H and O–H groups in total. The zero-order chi connectivity index (χ0) is 12.5. The predicted octanol–water partition coefficient (Wildman–Crippen LogP) is 2.57. The number of nitrogens with zero attached hydrogens (tertiary/aromatic N) is 2. The summed E-state index contributed by atoms with van der Waals surface area (Å²) in [6, 6.07) is 2.88. The maximum atomic E-state index is 12.5. The number of benzene rings is 1. The molecule has 0 bridgehead atoms. The van der Waals surface area contributed by atoms with Crippen molar-refractivity contribution in [3.63, 3.8) is 0 Å². The Bertz CT molecular complexity index is 535. The topological polar surface area (TPSA) is 56.0 Å². The van der Waals surface area contributed by atoms with Gasteiger partial charge in [0.25, 0.3) is 0 Å². The van der Waals surface area contributed by atoms with Crippen molar-refractivity contribution in [2.75, 3.05) is 0 Å². The van der Waals surface area contributed by atoms with Crippen LogP contribution in [0.4, 0.5) is 13.2 Å². The van der Waals surface area contributed by atoms with Gasteiger partial charge in [-0.3, -0.25) is 4.79 Å². The molecule has 2 rings (SSSR count). The van der Waals surface area contributed by atoms with Crippen LogP contribution in [0.2, 0.25) is 0 Å². The van der Waals surface area contributed by atoms with Gasteiger partial charge in [0, 0.05) is 11.1 Å². The number of carbonyl (C=O) groups is 1. The van der Waals surface area contributed by atoms with Crippen molar-refractivity contribution in [3.8, 4) is 11.4 Å². The molecular formula is C10H5F3N2O2. The van der Waals surface area contributed by atoms with E-state index in [-0.39, 0.29) is 17.0 Å². The Labute approximate surface area is 93.1 Å². The molecule has 0 aliphatic carbocycles. The lowest BCUT2D eigenvalue weighted by molar-refractivity contribution is -0.137. The van der Waals surface area contributed by atoms with Gasteiger partial charge < -0.3 is 4.52 Å². The second-order valence-electron chi connectivity index (χ2n) is 3.21. The highest BCUT2D eigenvalue weighted by Crippen LogP contribution is 2.32. The first-order valence-electron chi connectivity index (χ1n) is 4.45. The Kier molecular flexibility index (Phi) is 2.66. The molecule has 4 nitrogen and oxygen atoms in total. The van der Waals surface area contributed by atoms with Crippen molar-refractivity contribution in [3.05, 3.63) is 35.7 Å². The Hall–Kier alpha value is -2.18. The SMILES string of the molecule is O=Cc1cc(-c2ncon2)cc(C(F)(F)F)c1. The van der Waals surface area contributed by atoms with Gasteiger partial charge in [-0.1, -0.05) is 5.16 Å². The maximum Gasteiger partial charge on any atom is 0.416 e. The summed E-state index contributed by atoms with van der Waals surface area (Å²) in [5.74, 6) is -0.000741. The fourth-order valence-corrected chi connectivity index (χ4v) is 1.31. The first-order chi connectivity index (χ1) is 8.00. The van der Waals surface area contributed by atoms with Crippen molar-refractivity contribution in [2.24, 2.45) is 0 Å². The van der Waals surface area contributed by atoms with E-state index in [0.717, 1.165) is 18.5 Å². The molecule has 0 atom stereocenters. The fraction of sp³-hybridized carbons (Fsp3) is 0.100. The van der Waals surface area contributed by atoms with Gasteiger partial charge in [-0.25, -0.2) is 0 Å². The average molecular weight is 242 g/mol. The number of halogens is 3. The summed E-state index contributed by atoms with van der Waals surface area (Å²) in [6.07, 6.45) is -3.20. The molecule has 0 aliphatic heterocycles. The normalized spacial score (nSPS) is 11.5. The quantitative estimate of drug-likeness (QED) is 0.759. The highest BCUT2D eigenvalue weighted by atomic mass is 19.4. The van der Waals surface area contributed by atoms with Crippen LogP contribution in [0.25, 0.3) is 11.4 Å². The van der Waals surface area contributed by atoms with Gasteiger partial charge in [0.05, 0.1) is 5.56 Å². The van der Waals surface area contributed by atoms with Crippen molar-refractivity contribution >= 4 is 6.29 Å². The van der Waals surface area contributed by atoms with E-state index < -0.39 is 11.7 Å². The van der Waals surface area contributed by atoms with Crippen LogP contribution in [0.5, 0.6) is 0 Å². The molecule has 0 saturated heterocycles. The van der Waals surface area contributed by atoms with Crippen molar-refractivity contribution in [1.82, 2.24) is 10.1 Å². The molecule has 17 heavy (non-hydrogen) atoms. The fourth-order valence-electron chi connectivity index (χ4n) is 1.31. The number of alkyl halides is 3. The predicted molar refractivity (Wildman–Crippen MR) is 50.1 cm³/mol. The van der Waals surface area contributed by atoms with Crippen LogP contribution in [0.1, 0.15) is 15.9 Å². The molecule has 1 aromatic heterocycles. The molecule has 0 unspecified atom stereocenters. The minimum Gasteiger partial charge on any atom is -0.342 e. The van der Waals surface area contributed by atoms with Crippen LogP contribution in [0.15, 0.2) is 29.1 Å². The molecule has 1 heterocycles. The Morgan fingerprint density at radius 1 is 1.24 bits per heavy atom. The molecule has 0 spiro atoms. The van der Waals surface area contributed by atoms with E-state index in [2.05, 4.69) is 14.7 Å². The monoisotopic (exact) mass is 242 g/mol. The Morgan fingerprint density at radius 3 is 2.53 bits per heavy atom. The molecule has 0 amide bonds. The van der Waals surface area contributed by atoms with Gasteiger partial charge in [0.1, 0.15) is 6.29 Å². The molecule has 0 fully saturated rings. The highest BCUT2D eigenvalue weighted by Gasteiger charge is 2.31. The van der Waals surface area contributed by atoms with Gasteiger partial charge >= 0.3 is 6.18 Å². The first kappa shape index (κ1) is 11.3. The highest BCUT2D eigenvalue weighted by molar-refractivity contribution is 5.78. The zero-order valence-corrected chi connectivity index (χ0v) is 8.23. The van der Waals surface area contributed by atoms with Crippen LogP contribution in [0.3, 0.4) is 0 Å². The van der Waals surface area contributed by atoms with E-state index >= 15 is 0 Å². The van der Waals surface area contributed by atoms with E-state index in [9.17, 15) is 18.0 Å². The molecule has 2 aromatic rings.